The summed E-state index contributed by atoms with van der Waals surface area (Å²) >= 11 is 2.11. The first-order chi connectivity index (χ1) is 5.43. The van der Waals surface area contributed by atoms with E-state index >= 15 is 0 Å². The van der Waals surface area contributed by atoms with Crippen molar-refractivity contribution in [3.05, 3.63) is 12.2 Å². The molecule has 1 atom stereocenters. The van der Waals surface area contributed by atoms with Gasteiger partial charge < -0.3 is 0 Å². The lowest BCUT2D eigenvalue weighted by Crippen LogP contribution is -1.88. The minimum atomic E-state index is 0.854. The van der Waals surface area contributed by atoms with Gasteiger partial charge in [0.2, 0.25) is 0 Å². The molecule has 11 heavy (non-hydrogen) atoms. The Bertz CT molecular complexity index is 112. The molecule has 0 aromatic rings. The minimum Gasteiger partial charge on any atom is -0.154 e. The lowest BCUT2D eigenvalue weighted by molar-refractivity contribution is 0.808. The van der Waals surface area contributed by atoms with Crippen molar-refractivity contribution in [2.24, 2.45) is 0 Å². The van der Waals surface area contributed by atoms with Gasteiger partial charge in [0, 0.05) is 5.25 Å². The van der Waals surface area contributed by atoms with Crippen LogP contribution in [-0.4, -0.2) is 11.0 Å². The SMILES string of the molecule is CCCCC=CC1CCCS1. The van der Waals surface area contributed by atoms with Gasteiger partial charge in [-0.3, -0.25) is 0 Å². The first-order valence-corrected chi connectivity index (χ1v) is 5.76. The Hall–Kier alpha value is 0.0900. The molecule has 0 aromatic carbocycles. The predicted octanol–water partition coefficient (Wildman–Crippen LogP) is 3.63. The molecule has 0 amide bonds. The average molecular weight is 170 g/mol. The number of thioether (sulfide) groups is 1. The van der Waals surface area contributed by atoms with E-state index in [-0.39, 0.29) is 0 Å². The van der Waals surface area contributed by atoms with Crippen LogP contribution in [0.5, 0.6) is 0 Å². The zero-order valence-electron chi connectivity index (χ0n) is 7.38. The Morgan fingerprint density at radius 1 is 1.55 bits per heavy atom. The van der Waals surface area contributed by atoms with Gasteiger partial charge in [0.25, 0.3) is 0 Å². The van der Waals surface area contributed by atoms with E-state index in [1.54, 1.807) is 0 Å². The fourth-order valence-electron chi connectivity index (χ4n) is 1.32. The van der Waals surface area contributed by atoms with Crippen molar-refractivity contribution in [2.75, 3.05) is 5.75 Å². The van der Waals surface area contributed by atoms with Gasteiger partial charge in [-0.2, -0.15) is 11.8 Å². The minimum absolute atomic E-state index is 0.854. The quantitative estimate of drug-likeness (QED) is 0.458. The number of hydrogen-bond acceptors (Lipinski definition) is 1. The van der Waals surface area contributed by atoms with Crippen LogP contribution in [0.2, 0.25) is 0 Å². The molecule has 1 heteroatoms. The maximum Gasteiger partial charge on any atom is 0.0227 e. The zero-order valence-corrected chi connectivity index (χ0v) is 8.20. The maximum atomic E-state index is 2.41. The lowest BCUT2D eigenvalue weighted by atomic mass is 10.2. The molecule has 0 saturated carbocycles. The van der Waals surface area contributed by atoms with Crippen LogP contribution in [0.1, 0.15) is 39.0 Å². The summed E-state index contributed by atoms with van der Waals surface area (Å²) in [5.74, 6) is 1.38. The Morgan fingerprint density at radius 3 is 3.09 bits per heavy atom. The molecule has 1 saturated heterocycles. The zero-order chi connectivity index (χ0) is 7.94. The van der Waals surface area contributed by atoms with Crippen molar-refractivity contribution in [1.82, 2.24) is 0 Å². The molecule has 0 spiro atoms. The molecule has 1 fully saturated rings. The van der Waals surface area contributed by atoms with Crippen LogP contribution in [0.4, 0.5) is 0 Å². The van der Waals surface area contributed by atoms with Crippen LogP contribution in [0.25, 0.3) is 0 Å². The maximum absolute atomic E-state index is 2.41. The summed E-state index contributed by atoms with van der Waals surface area (Å²) in [7, 11) is 0. The Balaban J connectivity index is 2.03. The van der Waals surface area contributed by atoms with Gasteiger partial charge in [-0.15, -0.1) is 0 Å². The topological polar surface area (TPSA) is 0 Å². The first-order valence-electron chi connectivity index (χ1n) is 4.71. The van der Waals surface area contributed by atoms with E-state index in [2.05, 4.69) is 30.8 Å². The molecule has 0 aromatic heterocycles. The average Bonchev–Trinajstić information content (AvgIpc) is 2.50. The second-order valence-electron chi connectivity index (χ2n) is 3.12. The fourth-order valence-corrected chi connectivity index (χ4v) is 2.52. The lowest BCUT2D eigenvalue weighted by Gasteiger charge is -1.98. The van der Waals surface area contributed by atoms with Crippen molar-refractivity contribution in [2.45, 2.75) is 44.3 Å². The van der Waals surface area contributed by atoms with Crippen LogP contribution in [-0.2, 0) is 0 Å². The van der Waals surface area contributed by atoms with Crippen molar-refractivity contribution in [3.63, 3.8) is 0 Å². The third kappa shape index (κ3) is 3.85. The highest BCUT2D eigenvalue weighted by Gasteiger charge is 2.10. The van der Waals surface area contributed by atoms with Crippen LogP contribution in [0.3, 0.4) is 0 Å². The second kappa shape index (κ2) is 5.70. The molecule has 64 valence electrons. The molecule has 0 radical (unpaired) electrons. The summed E-state index contributed by atoms with van der Waals surface area (Å²) in [4.78, 5) is 0. The summed E-state index contributed by atoms with van der Waals surface area (Å²) in [5, 5.41) is 0.854. The highest BCUT2D eigenvalue weighted by Crippen LogP contribution is 2.26. The molecular weight excluding hydrogens is 152 g/mol. The number of hydrogen-bond donors (Lipinski definition) is 0. The molecular formula is C10H18S. The van der Waals surface area contributed by atoms with E-state index in [1.165, 1.54) is 37.9 Å². The Morgan fingerprint density at radius 2 is 2.45 bits per heavy atom. The Labute approximate surface area is 74.5 Å². The van der Waals surface area contributed by atoms with E-state index in [0.717, 1.165) is 5.25 Å². The standard InChI is InChI=1S/C10H18S/c1-2-3-4-5-7-10-8-6-9-11-10/h5,7,10H,2-4,6,8-9H2,1H3. The number of rotatable bonds is 4. The molecule has 1 rings (SSSR count). The van der Waals surface area contributed by atoms with Crippen molar-refractivity contribution < 1.29 is 0 Å². The third-order valence-corrected chi connectivity index (χ3v) is 3.39. The number of allylic oxidation sites excluding steroid dienone is 1. The van der Waals surface area contributed by atoms with Gasteiger partial charge >= 0.3 is 0 Å². The summed E-state index contributed by atoms with van der Waals surface area (Å²) in [6.45, 7) is 2.25. The van der Waals surface area contributed by atoms with E-state index in [1.807, 2.05) is 0 Å². The second-order valence-corrected chi connectivity index (χ2v) is 4.47. The van der Waals surface area contributed by atoms with Gasteiger partial charge in [-0.25, -0.2) is 0 Å². The van der Waals surface area contributed by atoms with Gasteiger partial charge in [0.05, 0.1) is 0 Å². The largest absolute Gasteiger partial charge is 0.154 e. The molecule has 1 aliphatic heterocycles. The summed E-state index contributed by atoms with van der Waals surface area (Å²) in [5.41, 5.74) is 0. The van der Waals surface area contributed by atoms with Gasteiger partial charge in [-0.1, -0.05) is 31.9 Å². The van der Waals surface area contributed by atoms with Crippen LogP contribution in [0.15, 0.2) is 12.2 Å². The van der Waals surface area contributed by atoms with Crippen LogP contribution < -0.4 is 0 Å². The highest BCUT2D eigenvalue weighted by atomic mass is 32.2. The molecule has 1 heterocycles. The predicted molar refractivity (Wildman–Crippen MR) is 54.1 cm³/mol. The van der Waals surface area contributed by atoms with E-state index in [0.29, 0.717) is 0 Å². The third-order valence-electron chi connectivity index (χ3n) is 2.04. The van der Waals surface area contributed by atoms with Crippen molar-refractivity contribution in [1.29, 1.82) is 0 Å². The highest BCUT2D eigenvalue weighted by molar-refractivity contribution is 8.00. The first kappa shape index (κ1) is 9.18. The van der Waals surface area contributed by atoms with Crippen LogP contribution in [0, 0.1) is 0 Å². The van der Waals surface area contributed by atoms with Gasteiger partial charge in [0.15, 0.2) is 0 Å². The fraction of sp³-hybridized carbons (Fsp3) is 0.800. The van der Waals surface area contributed by atoms with Crippen LogP contribution >= 0.6 is 11.8 Å². The van der Waals surface area contributed by atoms with Gasteiger partial charge in [0.1, 0.15) is 0 Å². The van der Waals surface area contributed by atoms with Crippen molar-refractivity contribution in [3.8, 4) is 0 Å². The smallest absolute Gasteiger partial charge is 0.0227 e. The van der Waals surface area contributed by atoms with Crippen molar-refractivity contribution >= 4 is 11.8 Å². The summed E-state index contributed by atoms with van der Waals surface area (Å²) < 4.78 is 0. The monoisotopic (exact) mass is 170 g/mol. The molecule has 1 aliphatic rings. The summed E-state index contributed by atoms with van der Waals surface area (Å²) in [6.07, 6.45) is 11.6. The van der Waals surface area contributed by atoms with E-state index in [9.17, 15) is 0 Å². The van der Waals surface area contributed by atoms with Gasteiger partial charge in [-0.05, 0) is 25.0 Å². The summed E-state index contributed by atoms with van der Waals surface area (Å²) in [6, 6.07) is 0. The number of unbranched alkanes of at least 4 members (excludes halogenated alkanes) is 2. The molecule has 0 bridgehead atoms. The van der Waals surface area contributed by atoms with E-state index < -0.39 is 0 Å². The molecule has 0 aliphatic carbocycles. The molecule has 0 N–H and O–H groups in total. The van der Waals surface area contributed by atoms with E-state index in [4.69, 9.17) is 0 Å². The normalized spacial score (nSPS) is 25.0. The Kier molecular flexibility index (Phi) is 4.76. The molecule has 1 unspecified atom stereocenters. The molecule has 0 nitrogen and oxygen atoms in total.